The van der Waals surface area contributed by atoms with Crippen LogP contribution >= 0.6 is 0 Å². The summed E-state index contributed by atoms with van der Waals surface area (Å²) in [6, 6.07) is 12.4. The lowest BCUT2D eigenvalue weighted by atomic mass is 10.1. The Morgan fingerprint density at radius 3 is 2.33 bits per heavy atom. The van der Waals surface area contributed by atoms with Gasteiger partial charge in [0.05, 0.1) is 25.1 Å². The molecule has 0 radical (unpaired) electrons. The van der Waals surface area contributed by atoms with Crippen molar-refractivity contribution < 1.29 is 14.3 Å². The minimum absolute atomic E-state index is 0.189. The quantitative estimate of drug-likeness (QED) is 0.515. The molecule has 176 valence electrons. The first-order valence-corrected chi connectivity index (χ1v) is 11.3. The standard InChI is InChI=1S/C26H33N3O4/c1-16(2)14-29-26(31)21-10-8-7-9-20(21)24(28-29)25(30)27-18(5)19-11-12-22(23(13-19)32-6)33-15-17(3)4/h7-13,16-18H,14-15H2,1-6H3,(H,27,30). The number of amides is 1. The van der Waals surface area contributed by atoms with Gasteiger partial charge in [0, 0.05) is 11.9 Å². The number of hydrogen-bond donors (Lipinski definition) is 1. The molecule has 3 aromatic rings. The number of ether oxygens (including phenoxy) is 2. The van der Waals surface area contributed by atoms with E-state index in [1.165, 1.54) is 4.68 Å². The lowest BCUT2D eigenvalue weighted by Gasteiger charge is -2.18. The average Bonchev–Trinajstić information content (AvgIpc) is 2.78. The van der Waals surface area contributed by atoms with Gasteiger partial charge in [-0.25, -0.2) is 4.68 Å². The second kappa shape index (κ2) is 10.5. The SMILES string of the molecule is COc1cc(C(C)NC(=O)c2nn(CC(C)C)c(=O)c3ccccc23)ccc1OCC(C)C. The Morgan fingerprint density at radius 2 is 1.70 bits per heavy atom. The predicted molar refractivity (Wildman–Crippen MR) is 130 cm³/mol. The number of benzene rings is 2. The van der Waals surface area contributed by atoms with Crippen molar-refractivity contribution in [3.63, 3.8) is 0 Å². The van der Waals surface area contributed by atoms with E-state index in [9.17, 15) is 9.59 Å². The van der Waals surface area contributed by atoms with Crippen molar-refractivity contribution >= 4 is 16.7 Å². The summed E-state index contributed by atoms with van der Waals surface area (Å²) in [6.07, 6.45) is 0. The van der Waals surface area contributed by atoms with E-state index in [-0.39, 0.29) is 29.1 Å². The van der Waals surface area contributed by atoms with Gasteiger partial charge in [-0.1, -0.05) is 52.0 Å². The molecule has 2 aromatic carbocycles. The van der Waals surface area contributed by atoms with Gasteiger partial charge in [0.15, 0.2) is 17.2 Å². The molecule has 1 atom stereocenters. The first-order valence-electron chi connectivity index (χ1n) is 11.3. The molecule has 0 aliphatic rings. The molecule has 0 bridgehead atoms. The van der Waals surface area contributed by atoms with Crippen LogP contribution in [0.1, 0.15) is 56.7 Å². The van der Waals surface area contributed by atoms with Gasteiger partial charge in [0.2, 0.25) is 0 Å². The van der Waals surface area contributed by atoms with Crippen molar-refractivity contribution in [1.82, 2.24) is 15.1 Å². The Hall–Kier alpha value is -3.35. The molecule has 7 nitrogen and oxygen atoms in total. The highest BCUT2D eigenvalue weighted by atomic mass is 16.5. The third-order valence-corrected chi connectivity index (χ3v) is 5.23. The molecule has 7 heteroatoms. The smallest absolute Gasteiger partial charge is 0.274 e. The van der Waals surface area contributed by atoms with E-state index in [2.05, 4.69) is 24.3 Å². The van der Waals surface area contributed by atoms with Crippen LogP contribution < -0.4 is 20.3 Å². The number of rotatable bonds is 9. The lowest BCUT2D eigenvalue weighted by Crippen LogP contribution is -2.32. The van der Waals surface area contributed by atoms with Gasteiger partial charge in [0.1, 0.15) is 0 Å². The van der Waals surface area contributed by atoms with Gasteiger partial charge in [0.25, 0.3) is 11.5 Å². The summed E-state index contributed by atoms with van der Waals surface area (Å²) in [5.41, 5.74) is 0.920. The minimum atomic E-state index is -0.338. The van der Waals surface area contributed by atoms with E-state index in [1.54, 1.807) is 31.4 Å². The Morgan fingerprint density at radius 1 is 1.00 bits per heavy atom. The molecule has 0 aliphatic carbocycles. The Labute approximate surface area is 194 Å². The maximum atomic E-state index is 13.2. The van der Waals surface area contributed by atoms with Crippen LogP contribution in [0.2, 0.25) is 0 Å². The lowest BCUT2D eigenvalue weighted by molar-refractivity contribution is 0.0934. The van der Waals surface area contributed by atoms with Crippen LogP contribution in [0, 0.1) is 11.8 Å². The van der Waals surface area contributed by atoms with Crippen LogP contribution in [0.3, 0.4) is 0 Å². The molecular weight excluding hydrogens is 418 g/mol. The zero-order chi connectivity index (χ0) is 24.1. The molecule has 3 rings (SSSR count). The monoisotopic (exact) mass is 451 g/mol. The van der Waals surface area contributed by atoms with E-state index in [4.69, 9.17) is 9.47 Å². The highest BCUT2D eigenvalue weighted by molar-refractivity contribution is 6.04. The summed E-state index contributed by atoms with van der Waals surface area (Å²) in [5, 5.41) is 8.46. The van der Waals surface area contributed by atoms with Crippen LogP contribution in [-0.2, 0) is 6.54 Å². The number of fused-ring (bicyclic) bond motifs is 1. The summed E-state index contributed by atoms with van der Waals surface area (Å²) in [7, 11) is 1.60. The highest BCUT2D eigenvalue weighted by Crippen LogP contribution is 2.31. The Bertz CT molecular complexity index is 1180. The van der Waals surface area contributed by atoms with Gasteiger partial charge in [-0.05, 0) is 42.5 Å². The molecule has 1 amide bonds. The summed E-state index contributed by atoms with van der Waals surface area (Å²) in [6.45, 7) is 11.1. The van der Waals surface area contributed by atoms with Crippen LogP contribution in [0.4, 0.5) is 0 Å². The summed E-state index contributed by atoms with van der Waals surface area (Å²) in [4.78, 5) is 26.1. The summed E-state index contributed by atoms with van der Waals surface area (Å²) < 4.78 is 12.7. The fourth-order valence-corrected chi connectivity index (χ4v) is 3.55. The topological polar surface area (TPSA) is 82.5 Å². The molecule has 33 heavy (non-hydrogen) atoms. The van der Waals surface area contributed by atoms with Crippen molar-refractivity contribution in [2.24, 2.45) is 11.8 Å². The third kappa shape index (κ3) is 5.72. The maximum Gasteiger partial charge on any atom is 0.274 e. The maximum absolute atomic E-state index is 13.2. The number of nitrogens with one attached hydrogen (secondary N) is 1. The molecule has 0 aliphatic heterocycles. The second-order valence-electron chi connectivity index (χ2n) is 9.09. The van der Waals surface area contributed by atoms with E-state index in [1.807, 2.05) is 39.0 Å². The summed E-state index contributed by atoms with van der Waals surface area (Å²) in [5.74, 6) is 1.56. The molecule has 0 fully saturated rings. The molecule has 0 spiro atoms. The van der Waals surface area contributed by atoms with Crippen molar-refractivity contribution in [3.05, 3.63) is 64.1 Å². The van der Waals surface area contributed by atoms with Crippen molar-refractivity contribution in [1.29, 1.82) is 0 Å². The molecule has 0 saturated heterocycles. The van der Waals surface area contributed by atoms with Crippen molar-refractivity contribution in [2.45, 2.75) is 47.2 Å². The van der Waals surface area contributed by atoms with Crippen LogP contribution in [0.15, 0.2) is 47.3 Å². The fourth-order valence-electron chi connectivity index (χ4n) is 3.55. The van der Waals surface area contributed by atoms with Crippen molar-refractivity contribution in [3.8, 4) is 11.5 Å². The second-order valence-corrected chi connectivity index (χ2v) is 9.09. The summed E-state index contributed by atoms with van der Waals surface area (Å²) >= 11 is 0. The minimum Gasteiger partial charge on any atom is -0.493 e. The molecule has 1 heterocycles. The van der Waals surface area contributed by atoms with Crippen LogP contribution in [0.5, 0.6) is 11.5 Å². The van der Waals surface area contributed by atoms with Gasteiger partial charge in [-0.15, -0.1) is 0 Å². The molecule has 0 saturated carbocycles. The van der Waals surface area contributed by atoms with Gasteiger partial charge in [-0.2, -0.15) is 5.10 Å². The molecule has 1 aromatic heterocycles. The first kappa shape index (κ1) is 24.3. The predicted octanol–water partition coefficient (Wildman–Crippen LogP) is 4.59. The van der Waals surface area contributed by atoms with E-state index >= 15 is 0 Å². The van der Waals surface area contributed by atoms with Gasteiger partial charge < -0.3 is 14.8 Å². The normalized spacial score (nSPS) is 12.2. The fraction of sp³-hybridized carbons (Fsp3) is 0.423. The largest absolute Gasteiger partial charge is 0.493 e. The Kier molecular flexibility index (Phi) is 7.74. The number of carbonyl (C=O) groups excluding carboxylic acids is 1. The zero-order valence-electron chi connectivity index (χ0n) is 20.2. The number of methoxy groups -OCH3 is 1. The van der Waals surface area contributed by atoms with Gasteiger partial charge in [-0.3, -0.25) is 9.59 Å². The van der Waals surface area contributed by atoms with Crippen LogP contribution in [0.25, 0.3) is 10.8 Å². The number of aromatic nitrogens is 2. The highest BCUT2D eigenvalue weighted by Gasteiger charge is 2.20. The first-order chi connectivity index (χ1) is 15.7. The zero-order valence-corrected chi connectivity index (χ0v) is 20.2. The number of carbonyl (C=O) groups is 1. The number of hydrogen-bond acceptors (Lipinski definition) is 5. The molecular formula is C26H33N3O4. The van der Waals surface area contributed by atoms with Crippen molar-refractivity contribution in [2.75, 3.05) is 13.7 Å². The Balaban J connectivity index is 1.89. The average molecular weight is 452 g/mol. The third-order valence-electron chi connectivity index (χ3n) is 5.23. The number of nitrogens with zero attached hydrogens (tertiary/aromatic N) is 2. The van der Waals surface area contributed by atoms with E-state index < -0.39 is 0 Å². The van der Waals surface area contributed by atoms with Crippen LogP contribution in [-0.4, -0.2) is 29.4 Å². The van der Waals surface area contributed by atoms with Gasteiger partial charge >= 0.3 is 0 Å². The van der Waals surface area contributed by atoms with E-state index in [0.29, 0.717) is 41.3 Å². The van der Waals surface area contributed by atoms with E-state index in [0.717, 1.165) is 5.56 Å². The molecule has 1 N–H and O–H groups in total. The molecule has 1 unspecified atom stereocenters.